The van der Waals surface area contributed by atoms with Crippen LogP contribution in [0.1, 0.15) is 45.1 Å². The quantitative estimate of drug-likeness (QED) is 0.850. The Bertz CT molecular complexity index is 346. The maximum atomic E-state index is 5.88. The summed E-state index contributed by atoms with van der Waals surface area (Å²) in [6.45, 7) is 5.18. The molecule has 0 spiro atoms. The molecule has 1 saturated carbocycles. The van der Waals surface area contributed by atoms with Crippen molar-refractivity contribution in [2.75, 3.05) is 0 Å². The molecule has 3 heteroatoms. The molecule has 0 unspecified atom stereocenters. The van der Waals surface area contributed by atoms with Crippen molar-refractivity contribution in [2.24, 2.45) is 0 Å². The largest absolute Gasteiger partial charge is 0.474 e. The molecule has 0 bridgehead atoms. The number of ether oxygens (including phenoxy) is 1. The van der Waals surface area contributed by atoms with Crippen LogP contribution >= 0.6 is 0 Å². The summed E-state index contributed by atoms with van der Waals surface area (Å²) in [5, 5.41) is 3.40. The minimum Gasteiger partial charge on any atom is -0.474 e. The van der Waals surface area contributed by atoms with E-state index in [-0.39, 0.29) is 0 Å². The van der Waals surface area contributed by atoms with Crippen LogP contribution in [-0.4, -0.2) is 17.1 Å². The van der Waals surface area contributed by atoms with Gasteiger partial charge in [-0.25, -0.2) is 4.98 Å². The Morgan fingerprint density at radius 2 is 2.18 bits per heavy atom. The van der Waals surface area contributed by atoms with Gasteiger partial charge in [-0.15, -0.1) is 0 Å². The molecule has 0 aliphatic heterocycles. The van der Waals surface area contributed by atoms with Gasteiger partial charge >= 0.3 is 0 Å². The van der Waals surface area contributed by atoms with Crippen molar-refractivity contribution in [3.8, 4) is 5.88 Å². The van der Waals surface area contributed by atoms with Crippen LogP contribution in [0.15, 0.2) is 18.3 Å². The lowest BCUT2D eigenvalue weighted by atomic mass is 10.2. The second-order valence-corrected chi connectivity index (χ2v) is 5.06. The Balaban J connectivity index is 1.91. The van der Waals surface area contributed by atoms with Gasteiger partial charge < -0.3 is 10.1 Å². The van der Waals surface area contributed by atoms with Crippen LogP contribution in [0.25, 0.3) is 0 Å². The van der Waals surface area contributed by atoms with Crippen LogP contribution in [-0.2, 0) is 6.54 Å². The van der Waals surface area contributed by atoms with Crippen LogP contribution in [0, 0.1) is 0 Å². The lowest BCUT2D eigenvalue weighted by molar-refractivity contribution is 0.201. The number of hydrogen-bond acceptors (Lipinski definition) is 3. The maximum absolute atomic E-state index is 5.88. The smallest absolute Gasteiger partial charge is 0.213 e. The third-order valence-corrected chi connectivity index (χ3v) is 3.10. The van der Waals surface area contributed by atoms with Crippen LogP contribution in [0.2, 0.25) is 0 Å². The fourth-order valence-electron chi connectivity index (χ4n) is 2.12. The van der Waals surface area contributed by atoms with Crippen molar-refractivity contribution in [1.82, 2.24) is 10.3 Å². The molecule has 1 aliphatic carbocycles. The Kier molecular flexibility index (Phi) is 4.37. The predicted octanol–water partition coefficient (Wildman–Crippen LogP) is 2.90. The molecule has 1 N–H and O–H groups in total. The van der Waals surface area contributed by atoms with E-state index < -0.39 is 0 Å². The average Bonchev–Trinajstić information content (AvgIpc) is 2.80. The summed E-state index contributed by atoms with van der Waals surface area (Å²) in [7, 11) is 0. The zero-order valence-electron chi connectivity index (χ0n) is 10.8. The van der Waals surface area contributed by atoms with E-state index in [1.54, 1.807) is 0 Å². The SMILES string of the molecule is CC(C)NCc1ccnc(OC2CCCC2)c1. The fraction of sp³-hybridized carbons (Fsp3) is 0.643. The van der Waals surface area contributed by atoms with Gasteiger partial charge in [0, 0.05) is 24.8 Å². The van der Waals surface area contributed by atoms with Crippen molar-refractivity contribution in [3.63, 3.8) is 0 Å². The highest BCUT2D eigenvalue weighted by Crippen LogP contribution is 2.23. The van der Waals surface area contributed by atoms with Crippen LogP contribution in [0.3, 0.4) is 0 Å². The zero-order valence-corrected chi connectivity index (χ0v) is 10.8. The summed E-state index contributed by atoms with van der Waals surface area (Å²) in [5.74, 6) is 0.778. The second-order valence-electron chi connectivity index (χ2n) is 5.06. The number of aromatic nitrogens is 1. The molecule has 2 rings (SSSR count). The van der Waals surface area contributed by atoms with Gasteiger partial charge in [-0.2, -0.15) is 0 Å². The molecule has 0 aromatic carbocycles. The second kappa shape index (κ2) is 6.01. The molecule has 1 aliphatic rings. The van der Waals surface area contributed by atoms with Crippen molar-refractivity contribution in [3.05, 3.63) is 23.9 Å². The van der Waals surface area contributed by atoms with Gasteiger partial charge in [0.1, 0.15) is 6.10 Å². The van der Waals surface area contributed by atoms with Crippen LogP contribution in [0.5, 0.6) is 5.88 Å². The van der Waals surface area contributed by atoms with Gasteiger partial charge in [0.2, 0.25) is 5.88 Å². The molecular formula is C14H22N2O. The standard InChI is InChI=1S/C14H22N2O/c1-11(2)16-10-12-7-8-15-14(9-12)17-13-5-3-4-6-13/h7-9,11,13,16H,3-6,10H2,1-2H3. The molecule has 94 valence electrons. The van der Waals surface area contributed by atoms with Gasteiger partial charge in [-0.3, -0.25) is 0 Å². The fourth-order valence-corrected chi connectivity index (χ4v) is 2.12. The van der Waals surface area contributed by atoms with Crippen molar-refractivity contribution in [2.45, 2.75) is 58.2 Å². The summed E-state index contributed by atoms with van der Waals surface area (Å²) in [6.07, 6.45) is 7.16. The minimum atomic E-state index is 0.385. The molecule has 0 saturated heterocycles. The highest BCUT2D eigenvalue weighted by atomic mass is 16.5. The molecule has 1 aromatic heterocycles. The molecule has 3 nitrogen and oxygen atoms in total. The summed E-state index contributed by atoms with van der Waals surface area (Å²) in [5.41, 5.74) is 1.24. The Morgan fingerprint density at radius 1 is 1.41 bits per heavy atom. The first-order valence-electron chi connectivity index (χ1n) is 6.59. The van der Waals surface area contributed by atoms with Gasteiger partial charge in [0.05, 0.1) is 0 Å². The van der Waals surface area contributed by atoms with E-state index >= 15 is 0 Å². The minimum absolute atomic E-state index is 0.385. The number of rotatable bonds is 5. The number of hydrogen-bond donors (Lipinski definition) is 1. The van der Waals surface area contributed by atoms with Gasteiger partial charge in [0.15, 0.2) is 0 Å². The third kappa shape index (κ3) is 4.00. The van der Waals surface area contributed by atoms with Crippen molar-refractivity contribution < 1.29 is 4.74 Å². The van der Waals surface area contributed by atoms with E-state index in [9.17, 15) is 0 Å². The van der Waals surface area contributed by atoms with Crippen molar-refractivity contribution >= 4 is 0 Å². The maximum Gasteiger partial charge on any atom is 0.213 e. The highest BCUT2D eigenvalue weighted by molar-refractivity contribution is 5.20. The van der Waals surface area contributed by atoms with E-state index in [0.29, 0.717) is 12.1 Å². The average molecular weight is 234 g/mol. The molecule has 0 amide bonds. The number of nitrogens with one attached hydrogen (secondary N) is 1. The van der Waals surface area contributed by atoms with E-state index in [1.807, 2.05) is 18.3 Å². The predicted molar refractivity (Wildman–Crippen MR) is 69.1 cm³/mol. The van der Waals surface area contributed by atoms with Gasteiger partial charge in [-0.05, 0) is 37.3 Å². The van der Waals surface area contributed by atoms with E-state index in [4.69, 9.17) is 4.74 Å². The lowest BCUT2D eigenvalue weighted by Crippen LogP contribution is -2.22. The van der Waals surface area contributed by atoms with E-state index in [1.165, 1.54) is 31.2 Å². The molecule has 17 heavy (non-hydrogen) atoms. The first kappa shape index (κ1) is 12.4. The normalized spacial score (nSPS) is 16.6. The molecule has 1 aromatic rings. The zero-order chi connectivity index (χ0) is 12.1. The third-order valence-electron chi connectivity index (χ3n) is 3.10. The van der Waals surface area contributed by atoms with E-state index in [0.717, 1.165) is 12.4 Å². The topological polar surface area (TPSA) is 34.2 Å². The lowest BCUT2D eigenvalue weighted by Gasteiger charge is -2.13. The first-order chi connectivity index (χ1) is 8.24. The number of pyridine rings is 1. The van der Waals surface area contributed by atoms with Crippen LogP contribution in [0.4, 0.5) is 0 Å². The first-order valence-corrected chi connectivity index (χ1v) is 6.59. The number of nitrogens with zero attached hydrogens (tertiary/aromatic N) is 1. The summed E-state index contributed by atoms with van der Waals surface area (Å²) in [6, 6.07) is 4.59. The summed E-state index contributed by atoms with van der Waals surface area (Å²) < 4.78 is 5.88. The monoisotopic (exact) mass is 234 g/mol. The van der Waals surface area contributed by atoms with E-state index in [2.05, 4.69) is 24.1 Å². The molecular weight excluding hydrogens is 212 g/mol. The highest BCUT2D eigenvalue weighted by Gasteiger charge is 2.16. The Morgan fingerprint density at radius 3 is 2.88 bits per heavy atom. The summed E-state index contributed by atoms with van der Waals surface area (Å²) in [4.78, 5) is 4.28. The van der Waals surface area contributed by atoms with Crippen molar-refractivity contribution in [1.29, 1.82) is 0 Å². The molecule has 0 radical (unpaired) electrons. The van der Waals surface area contributed by atoms with Gasteiger partial charge in [-0.1, -0.05) is 13.8 Å². The molecule has 0 atom stereocenters. The Labute approximate surface area is 104 Å². The Hall–Kier alpha value is -1.09. The van der Waals surface area contributed by atoms with Gasteiger partial charge in [0.25, 0.3) is 0 Å². The molecule has 1 fully saturated rings. The summed E-state index contributed by atoms with van der Waals surface area (Å²) >= 11 is 0. The van der Waals surface area contributed by atoms with Crippen LogP contribution < -0.4 is 10.1 Å². The molecule has 1 heterocycles.